The van der Waals surface area contributed by atoms with Crippen molar-refractivity contribution >= 4 is 0 Å². The fourth-order valence-corrected chi connectivity index (χ4v) is 4.28. The zero-order chi connectivity index (χ0) is 14.1. The Kier molecular flexibility index (Phi) is 4.62. The molecule has 0 saturated heterocycles. The molecule has 2 aliphatic rings. The van der Waals surface area contributed by atoms with Crippen molar-refractivity contribution in [3.05, 3.63) is 0 Å². The smallest absolute Gasteiger partial charge is 0.0489 e. The van der Waals surface area contributed by atoms with Crippen LogP contribution in [0.3, 0.4) is 0 Å². The minimum atomic E-state index is 0.510. The Morgan fingerprint density at radius 2 is 2.00 bits per heavy atom. The molecule has 1 N–H and O–H groups in total. The number of hydrogen-bond acceptors (Lipinski definition) is 2. The van der Waals surface area contributed by atoms with Crippen molar-refractivity contribution in [3.63, 3.8) is 0 Å². The Hall–Kier alpha value is -0.0800. The average molecular weight is 267 g/mol. The van der Waals surface area contributed by atoms with Crippen LogP contribution in [-0.4, -0.2) is 25.8 Å². The van der Waals surface area contributed by atoms with E-state index < -0.39 is 0 Å². The van der Waals surface area contributed by atoms with E-state index in [-0.39, 0.29) is 0 Å². The molecule has 0 spiro atoms. The number of fused-ring (bicyclic) bond motifs is 2. The van der Waals surface area contributed by atoms with Gasteiger partial charge in [0.25, 0.3) is 0 Å². The van der Waals surface area contributed by atoms with Crippen LogP contribution in [0.1, 0.15) is 60.3 Å². The number of hydrogen-bond donors (Lipinski definition) is 1. The molecule has 0 aromatic heterocycles. The van der Waals surface area contributed by atoms with E-state index in [9.17, 15) is 0 Å². The first-order valence-electron chi connectivity index (χ1n) is 8.19. The summed E-state index contributed by atoms with van der Waals surface area (Å²) in [5.74, 6) is 1.59. The molecule has 2 rings (SSSR count). The van der Waals surface area contributed by atoms with E-state index in [0.29, 0.717) is 16.7 Å². The van der Waals surface area contributed by atoms with Crippen LogP contribution in [0.25, 0.3) is 0 Å². The summed E-state index contributed by atoms with van der Waals surface area (Å²) < 4.78 is 5.65. The minimum absolute atomic E-state index is 0.510. The van der Waals surface area contributed by atoms with E-state index in [1.165, 1.54) is 19.3 Å². The highest BCUT2D eigenvalue weighted by atomic mass is 16.5. The third-order valence-electron chi connectivity index (χ3n) is 6.10. The standard InChI is InChI=1S/C17H33NO/c1-13(2)12-19-10-6-9-18-15-11-14-7-8-17(15,5)16(14,3)4/h13-15,18H,6-12H2,1-5H3. The fourth-order valence-electron chi connectivity index (χ4n) is 4.28. The predicted molar refractivity (Wildman–Crippen MR) is 81.3 cm³/mol. The quantitative estimate of drug-likeness (QED) is 0.707. The van der Waals surface area contributed by atoms with E-state index in [1.54, 1.807) is 0 Å². The minimum Gasteiger partial charge on any atom is -0.381 e. The van der Waals surface area contributed by atoms with Crippen LogP contribution in [0.15, 0.2) is 0 Å². The van der Waals surface area contributed by atoms with E-state index in [1.807, 2.05) is 0 Å². The molecule has 2 saturated carbocycles. The summed E-state index contributed by atoms with van der Waals surface area (Å²) in [4.78, 5) is 0. The molecular formula is C17H33NO. The third kappa shape index (κ3) is 2.85. The molecule has 0 aliphatic heterocycles. The van der Waals surface area contributed by atoms with Crippen molar-refractivity contribution in [1.82, 2.24) is 5.32 Å². The lowest BCUT2D eigenvalue weighted by atomic mass is 9.69. The van der Waals surface area contributed by atoms with E-state index in [2.05, 4.69) is 39.9 Å². The molecular weight excluding hydrogens is 234 g/mol. The summed E-state index contributed by atoms with van der Waals surface area (Å²) in [7, 11) is 0. The first-order valence-corrected chi connectivity index (χ1v) is 8.19. The SMILES string of the molecule is CC(C)COCCCNC1CC2CCC1(C)C2(C)C. The number of ether oxygens (including phenoxy) is 1. The van der Waals surface area contributed by atoms with Gasteiger partial charge in [-0.3, -0.25) is 0 Å². The molecule has 0 heterocycles. The van der Waals surface area contributed by atoms with Crippen molar-refractivity contribution in [2.24, 2.45) is 22.7 Å². The first kappa shape index (κ1) is 15.3. The Morgan fingerprint density at radius 1 is 1.26 bits per heavy atom. The number of nitrogens with one attached hydrogen (secondary N) is 1. The van der Waals surface area contributed by atoms with E-state index >= 15 is 0 Å². The van der Waals surface area contributed by atoms with Gasteiger partial charge in [0.15, 0.2) is 0 Å². The normalized spacial score (nSPS) is 36.3. The van der Waals surface area contributed by atoms with Gasteiger partial charge < -0.3 is 10.1 Å². The highest BCUT2D eigenvalue weighted by Gasteiger charge is 2.60. The topological polar surface area (TPSA) is 21.3 Å². The molecule has 2 nitrogen and oxygen atoms in total. The summed E-state index contributed by atoms with van der Waals surface area (Å²) in [5, 5.41) is 3.82. The van der Waals surface area contributed by atoms with Crippen molar-refractivity contribution in [2.75, 3.05) is 19.8 Å². The molecule has 3 atom stereocenters. The second kappa shape index (κ2) is 5.73. The second-order valence-corrected chi connectivity index (χ2v) is 7.94. The maximum atomic E-state index is 5.65. The molecule has 2 bridgehead atoms. The largest absolute Gasteiger partial charge is 0.381 e. The molecule has 2 aliphatic carbocycles. The Morgan fingerprint density at radius 3 is 2.53 bits per heavy atom. The highest BCUT2D eigenvalue weighted by Crippen LogP contribution is 2.65. The van der Waals surface area contributed by atoms with Gasteiger partial charge in [0.05, 0.1) is 0 Å². The van der Waals surface area contributed by atoms with Crippen LogP contribution in [0, 0.1) is 22.7 Å². The zero-order valence-corrected chi connectivity index (χ0v) is 13.6. The number of rotatable bonds is 7. The lowest BCUT2D eigenvalue weighted by molar-refractivity contribution is 0.0999. The van der Waals surface area contributed by atoms with Crippen molar-refractivity contribution < 1.29 is 4.74 Å². The van der Waals surface area contributed by atoms with Crippen LogP contribution >= 0.6 is 0 Å². The molecule has 2 fully saturated rings. The van der Waals surface area contributed by atoms with Crippen LogP contribution in [-0.2, 0) is 4.74 Å². The van der Waals surface area contributed by atoms with Gasteiger partial charge in [0.2, 0.25) is 0 Å². The summed E-state index contributed by atoms with van der Waals surface area (Å²) in [5.41, 5.74) is 1.04. The van der Waals surface area contributed by atoms with Crippen LogP contribution in [0.2, 0.25) is 0 Å². The van der Waals surface area contributed by atoms with Gasteiger partial charge in [0, 0.05) is 19.3 Å². The fraction of sp³-hybridized carbons (Fsp3) is 1.00. The van der Waals surface area contributed by atoms with Crippen LogP contribution in [0.5, 0.6) is 0 Å². The average Bonchev–Trinajstić information content (AvgIpc) is 2.66. The summed E-state index contributed by atoms with van der Waals surface area (Å²) in [6.45, 7) is 14.8. The van der Waals surface area contributed by atoms with Crippen molar-refractivity contribution in [2.45, 2.75) is 66.3 Å². The molecule has 0 amide bonds. The molecule has 112 valence electrons. The molecule has 0 radical (unpaired) electrons. The monoisotopic (exact) mass is 267 g/mol. The van der Waals surface area contributed by atoms with E-state index in [0.717, 1.165) is 38.1 Å². The molecule has 19 heavy (non-hydrogen) atoms. The van der Waals surface area contributed by atoms with Gasteiger partial charge in [0.1, 0.15) is 0 Å². The Balaban J connectivity index is 1.68. The van der Waals surface area contributed by atoms with E-state index in [4.69, 9.17) is 4.74 Å². The maximum absolute atomic E-state index is 5.65. The zero-order valence-electron chi connectivity index (χ0n) is 13.6. The summed E-state index contributed by atoms with van der Waals surface area (Å²) in [6.07, 6.45) is 5.38. The molecule has 0 aromatic rings. The molecule has 2 heteroatoms. The van der Waals surface area contributed by atoms with Crippen molar-refractivity contribution in [3.8, 4) is 0 Å². The Labute approximate surface area is 119 Å². The van der Waals surface area contributed by atoms with Crippen molar-refractivity contribution in [1.29, 1.82) is 0 Å². The second-order valence-electron chi connectivity index (χ2n) is 7.94. The lowest BCUT2D eigenvalue weighted by Crippen LogP contribution is -2.44. The first-order chi connectivity index (χ1) is 8.88. The van der Waals surface area contributed by atoms with Gasteiger partial charge in [-0.25, -0.2) is 0 Å². The van der Waals surface area contributed by atoms with Crippen LogP contribution in [0.4, 0.5) is 0 Å². The third-order valence-corrected chi connectivity index (χ3v) is 6.10. The molecule has 3 unspecified atom stereocenters. The maximum Gasteiger partial charge on any atom is 0.0489 e. The lowest BCUT2D eigenvalue weighted by Gasteiger charge is -2.39. The predicted octanol–water partition coefficient (Wildman–Crippen LogP) is 3.85. The molecule has 0 aromatic carbocycles. The van der Waals surface area contributed by atoms with Gasteiger partial charge in [-0.2, -0.15) is 0 Å². The van der Waals surface area contributed by atoms with Gasteiger partial charge in [-0.05, 0) is 54.9 Å². The highest BCUT2D eigenvalue weighted by molar-refractivity contribution is 5.12. The Bertz CT molecular complexity index is 300. The van der Waals surface area contributed by atoms with Gasteiger partial charge >= 0.3 is 0 Å². The van der Waals surface area contributed by atoms with Gasteiger partial charge in [-0.15, -0.1) is 0 Å². The van der Waals surface area contributed by atoms with Gasteiger partial charge in [-0.1, -0.05) is 34.6 Å². The van der Waals surface area contributed by atoms with Crippen LogP contribution < -0.4 is 5.32 Å². The summed E-state index contributed by atoms with van der Waals surface area (Å²) >= 11 is 0. The summed E-state index contributed by atoms with van der Waals surface area (Å²) in [6, 6.07) is 0.728.